The smallest absolute Gasteiger partial charge is 0.222 e. The van der Waals surface area contributed by atoms with Gasteiger partial charge in [0.2, 0.25) is 11.8 Å². The van der Waals surface area contributed by atoms with E-state index in [1.165, 1.54) is 12.5 Å². The molecule has 3 rings (SSSR count). The molecule has 126 valence electrons. The quantitative estimate of drug-likeness (QED) is 0.812. The summed E-state index contributed by atoms with van der Waals surface area (Å²) in [5.41, 5.74) is 1.39. The second-order valence-electron chi connectivity index (χ2n) is 6.40. The summed E-state index contributed by atoms with van der Waals surface area (Å²) in [6.45, 7) is 2.14. The summed E-state index contributed by atoms with van der Waals surface area (Å²) < 4.78 is 0. The van der Waals surface area contributed by atoms with Crippen LogP contribution in [0.4, 0.5) is 0 Å². The first-order chi connectivity index (χ1) is 11.6. The number of benzene rings is 1. The van der Waals surface area contributed by atoms with Crippen LogP contribution in [0.3, 0.4) is 0 Å². The van der Waals surface area contributed by atoms with Crippen molar-refractivity contribution in [1.29, 1.82) is 0 Å². The lowest BCUT2D eigenvalue weighted by molar-refractivity contribution is -0.122. The molecule has 1 fully saturated rings. The van der Waals surface area contributed by atoms with E-state index in [4.69, 9.17) is 0 Å². The molecular weight excluding hydrogens is 320 g/mol. The molecule has 24 heavy (non-hydrogen) atoms. The Kier molecular flexibility index (Phi) is 5.00. The van der Waals surface area contributed by atoms with E-state index in [2.05, 4.69) is 22.8 Å². The summed E-state index contributed by atoms with van der Waals surface area (Å²) >= 11 is 1.55. The molecule has 1 saturated carbocycles. The predicted molar refractivity (Wildman–Crippen MR) is 95.9 cm³/mol. The number of hydrogen-bond donors (Lipinski definition) is 2. The van der Waals surface area contributed by atoms with Gasteiger partial charge in [0, 0.05) is 23.8 Å². The number of hydrogen-bond acceptors (Lipinski definition) is 3. The Hall–Kier alpha value is -2.14. The topological polar surface area (TPSA) is 58.2 Å². The van der Waals surface area contributed by atoms with Crippen molar-refractivity contribution in [2.24, 2.45) is 0 Å². The van der Waals surface area contributed by atoms with Gasteiger partial charge < -0.3 is 10.6 Å². The molecule has 1 atom stereocenters. The fourth-order valence-corrected chi connectivity index (χ4v) is 3.77. The minimum Gasteiger partial charge on any atom is -0.355 e. The highest BCUT2D eigenvalue weighted by Gasteiger charge is 2.44. The summed E-state index contributed by atoms with van der Waals surface area (Å²) in [6.07, 6.45) is 2.49. The van der Waals surface area contributed by atoms with Crippen LogP contribution in [0.1, 0.15) is 42.7 Å². The lowest BCUT2D eigenvalue weighted by Crippen LogP contribution is -2.36. The second kappa shape index (κ2) is 7.18. The lowest BCUT2D eigenvalue weighted by atomic mass is 9.96. The molecule has 0 bridgehead atoms. The molecule has 1 aromatic carbocycles. The van der Waals surface area contributed by atoms with Crippen LogP contribution >= 0.6 is 11.3 Å². The zero-order chi connectivity index (χ0) is 17.0. The summed E-state index contributed by atoms with van der Waals surface area (Å²) in [6, 6.07) is 14.0. The van der Waals surface area contributed by atoms with Crippen molar-refractivity contribution >= 4 is 23.2 Å². The summed E-state index contributed by atoms with van der Waals surface area (Å²) in [7, 11) is 0. The van der Waals surface area contributed by atoms with E-state index in [1.54, 1.807) is 11.3 Å². The van der Waals surface area contributed by atoms with Crippen molar-refractivity contribution in [2.45, 2.75) is 37.6 Å². The Morgan fingerprint density at radius 2 is 1.92 bits per heavy atom. The minimum atomic E-state index is -0.255. The normalized spacial score (nSPS) is 16.2. The monoisotopic (exact) mass is 342 g/mol. The van der Waals surface area contributed by atoms with Gasteiger partial charge in [0.25, 0.3) is 0 Å². The van der Waals surface area contributed by atoms with Crippen molar-refractivity contribution in [2.75, 3.05) is 6.54 Å². The fraction of sp³-hybridized carbons (Fsp3) is 0.368. The molecule has 1 heterocycles. The van der Waals surface area contributed by atoms with Crippen LogP contribution in [0, 0.1) is 0 Å². The van der Waals surface area contributed by atoms with Gasteiger partial charge in [-0.1, -0.05) is 36.4 Å². The number of amides is 2. The van der Waals surface area contributed by atoms with Crippen molar-refractivity contribution in [1.82, 2.24) is 10.6 Å². The Balaban J connectivity index is 1.58. The number of rotatable bonds is 7. The third-order valence-corrected chi connectivity index (χ3v) is 5.50. The Morgan fingerprint density at radius 1 is 1.17 bits per heavy atom. The number of thiophene rings is 1. The standard InChI is InChI=1S/C19H22N2O2S/c1-14(22)21-16(17-8-5-11-24-17)12-18(23)20-13-19(9-10-19)15-6-3-2-4-7-15/h2-8,11,16H,9-10,12-13H2,1H3,(H,20,23)(H,21,22)/t16-/m0/s1. The third-order valence-electron chi connectivity index (χ3n) is 4.52. The lowest BCUT2D eigenvalue weighted by Gasteiger charge is -2.19. The number of nitrogens with one attached hydrogen (secondary N) is 2. The van der Waals surface area contributed by atoms with Crippen molar-refractivity contribution in [3.63, 3.8) is 0 Å². The third kappa shape index (κ3) is 4.03. The molecule has 0 radical (unpaired) electrons. The van der Waals surface area contributed by atoms with Gasteiger partial charge in [-0.2, -0.15) is 0 Å². The van der Waals surface area contributed by atoms with E-state index < -0.39 is 0 Å². The van der Waals surface area contributed by atoms with E-state index >= 15 is 0 Å². The highest BCUT2D eigenvalue weighted by molar-refractivity contribution is 7.10. The van der Waals surface area contributed by atoms with Gasteiger partial charge in [0.1, 0.15) is 0 Å². The Morgan fingerprint density at radius 3 is 2.50 bits per heavy atom. The molecular formula is C19H22N2O2S. The van der Waals surface area contributed by atoms with E-state index in [0.29, 0.717) is 6.54 Å². The molecule has 4 nitrogen and oxygen atoms in total. The van der Waals surface area contributed by atoms with Crippen LogP contribution in [0.2, 0.25) is 0 Å². The second-order valence-corrected chi connectivity index (χ2v) is 7.38. The van der Waals surface area contributed by atoms with Gasteiger partial charge in [0.15, 0.2) is 0 Å². The molecule has 0 saturated heterocycles. The molecule has 0 unspecified atom stereocenters. The molecule has 2 N–H and O–H groups in total. The molecule has 5 heteroatoms. The van der Waals surface area contributed by atoms with Gasteiger partial charge in [-0.3, -0.25) is 9.59 Å². The zero-order valence-electron chi connectivity index (χ0n) is 13.7. The van der Waals surface area contributed by atoms with Gasteiger partial charge in [-0.05, 0) is 29.9 Å². The summed E-state index contributed by atoms with van der Waals surface area (Å²) in [4.78, 5) is 24.8. The first-order valence-corrected chi connectivity index (χ1v) is 9.10. The Labute approximate surface area is 146 Å². The SMILES string of the molecule is CC(=O)N[C@@H](CC(=O)NCC1(c2ccccc2)CC1)c1cccs1. The molecule has 1 aromatic heterocycles. The molecule has 0 aliphatic heterocycles. The van der Waals surface area contributed by atoms with E-state index in [9.17, 15) is 9.59 Å². The zero-order valence-corrected chi connectivity index (χ0v) is 14.6. The molecule has 2 amide bonds. The average Bonchev–Trinajstić information content (AvgIpc) is 3.16. The fourth-order valence-electron chi connectivity index (χ4n) is 2.99. The maximum Gasteiger partial charge on any atom is 0.222 e. The van der Waals surface area contributed by atoms with Gasteiger partial charge >= 0.3 is 0 Å². The molecule has 2 aromatic rings. The first kappa shape index (κ1) is 16.7. The maximum atomic E-state index is 12.4. The van der Waals surface area contributed by atoms with Crippen LogP contribution in [0.15, 0.2) is 47.8 Å². The van der Waals surface area contributed by atoms with Crippen molar-refractivity contribution < 1.29 is 9.59 Å². The van der Waals surface area contributed by atoms with Crippen LogP contribution < -0.4 is 10.6 Å². The molecule has 0 spiro atoms. The van der Waals surface area contributed by atoms with Crippen molar-refractivity contribution in [3.8, 4) is 0 Å². The van der Waals surface area contributed by atoms with Crippen LogP contribution in [0.25, 0.3) is 0 Å². The van der Waals surface area contributed by atoms with E-state index in [-0.39, 0.29) is 29.7 Å². The molecule has 1 aliphatic carbocycles. The average molecular weight is 342 g/mol. The first-order valence-electron chi connectivity index (χ1n) is 8.22. The Bertz CT molecular complexity index is 693. The largest absolute Gasteiger partial charge is 0.355 e. The minimum absolute atomic E-state index is 0.0237. The summed E-state index contributed by atoms with van der Waals surface area (Å²) in [5.74, 6) is -0.145. The van der Waals surface area contributed by atoms with Crippen LogP contribution in [-0.4, -0.2) is 18.4 Å². The molecule has 1 aliphatic rings. The predicted octanol–water partition coefficient (Wildman–Crippen LogP) is 3.16. The van der Waals surface area contributed by atoms with Crippen LogP contribution in [-0.2, 0) is 15.0 Å². The van der Waals surface area contributed by atoms with Crippen molar-refractivity contribution in [3.05, 3.63) is 58.3 Å². The van der Waals surface area contributed by atoms with Crippen LogP contribution in [0.5, 0.6) is 0 Å². The van der Waals surface area contributed by atoms with Gasteiger partial charge in [0.05, 0.1) is 12.5 Å². The van der Waals surface area contributed by atoms with Gasteiger partial charge in [-0.15, -0.1) is 11.3 Å². The van der Waals surface area contributed by atoms with E-state index in [1.807, 2.05) is 35.7 Å². The maximum absolute atomic E-state index is 12.4. The van der Waals surface area contributed by atoms with E-state index in [0.717, 1.165) is 17.7 Å². The highest BCUT2D eigenvalue weighted by atomic mass is 32.1. The van der Waals surface area contributed by atoms with Gasteiger partial charge in [-0.25, -0.2) is 0 Å². The highest BCUT2D eigenvalue weighted by Crippen LogP contribution is 2.47. The summed E-state index contributed by atoms with van der Waals surface area (Å²) in [5, 5.41) is 7.89. The number of carbonyl (C=O) groups is 2. The number of carbonyl (C=O) groups excluding carboxylic acids is 2.